The van der Waals surface area contributed by atoms with Crippen molar-refractivity contribution in [2.24, 2.45) is 0 Å². The molecular weight excluding hydrogens is 396 g/mol. The Balaban J connectivity index is 1.43. The molecule has 4 rings (SSSR count). The molecule has 0 amide bonds. The third kappa shape index (κ3) is 5.29. The molecule has 31 heavy (non-hydrogen) atoms. The minimum atomic E-state index is -0.368. The number of morpholine rings is 1. The Labute approximate surface area is 182 Å². The molecule has 3 heterocycles. The standard InChI is InChI=1S/C22H30N6O3/c1-16-12-27(13-17(2)31-16)22-20(28(29)30)21(23-15-24-22)25-19-8-10-26(11-9-19)14-18-6-4-3-5-7-18/h3-7,15-17,19H,8-14H2,1-2H3,(H,23,24,25). The summed E-state index contributed by atoms with van der Waals surface area (Å²) < 4.78 is 5.77. The number of aromatic nitrogens is 2. The lowest BCUT2D eigenvalue weighted by Gasteiger charge is -2.36. The second-order valence-corrected chi connectivity index (χ2v) is 8.49. The number of hydrogen-bond acceptors (Lipinski definition) is 8. The number of nitrogens with zero attached hydrogens (tertiary/aromatic N) is 5. The number of anilines is 2. The lowest BCUT2D eigenvalue weighted by molar-refractivity contribution is -0.383. The Hall–Kier alpha value is -2.78. The third-order valence-corrected chi connectivity index (χ3v) is 5.88. The summed E-state index contributed by atoms with van der Waals surface area (Å²) in [5.74, 6) is 0.675. The number of nitrogens with one attached hydrogen (secondary N) is 1. The van der Waals surface area contributed by atoms with Gasteiger partial charge in [-0.25, -0.2) is 9.97 Å². The highest BCUT2D eigenvalue weighted by atomic mass is 16.6. The van der Waals surface area contributed by atoms with Gasteiger partial charge in [-0.3, -0.25) is 15.0 Å². The van der Waals surface area contributed by atoms with E-state index in [4.69, 9.17) is 4.74 Å². The Kier molecular flexibility index (Phi) is 6.62. The molecule has 2 aliphatic heterocycles. The van der Waals surface area contributed by atoms with Crippen LogP contribution >= 0.6 is 0 Å². The van der Waals surface area contributed by atoms with Crippen LogP contribution in [0, 0.1) is 10.1 Å². The molecule has 2 unspecified atom stereocenters. The maximum atomic E-state index is 12.0. The van der Waals surface area contributed by atoms with Crippen LogP contribution in [0.1, 0.15) is 32.3 Å². The van der Waals surface area contributed by atoms with Gasteiger partial charge in [0.25, 0.3) is 0 Å². The number of piperidine rings is 1. The Morgan fingerprint density at radius 2 is 1.81 bits per heavy atom. The van der Waals surface area contributed by atoms with Crippen LogP contribution in [0.2, 0.25) is 0 Å². The topological polar surface area (TPSA) is 96.7 Å². The molecular formula is C22H30N6O3. The molecule has 0 spiro atoms. The fourth-order valence-corrected chi connectivity index (χ4v) is 4.50. The van der Waals surface area contributed by atoms with Gasteiger partial charge in [0, 0.05) is 38.8 Å². The van der Waals surface area contributed by atoms with Crippen molar-refractivity contribution in [2.45, 2.75) is 51.5 Å². The summed E-state index contributed by atoms with van der Waals surface area (Å²) in [6, 6.07) is 10.6. The molecule has 0 radical (unpaired) electrons. The Morgan fingerprint density at radius 1 is 1.13 bits per heavy atom. The van der Waals surface area contributed by atoms with E-state index in [9.17, 15) is 10.1 Å². The van der Waals surface area contributed by atoms with Gasteiger partial charge in [0.15, 0.2) is 0 Å². The van der Waals surface area contributed by atoms with Crippen molar-refractivity contribution in [1.82, 2.24) is 14.9 Å². The molecule has 2 aromatic rings. The van der Waals surface area contributed by atoms with Gasteiger partial charge < -0.3 is 15.0 Å². The largest absolute Gasteiger partial charge is 0.372 e. The SMILES string of the molecule is CC1CN(c2ncnc(NC3CCN(Cc4ccccc4)CC3)c2[N+](=O)[O-])CC(C)O1. The van der Waals surface area contributed by atoms with Crippen molar-refractivity contribution >= 4 is 17.3 Å². The zero-order valence-electron chi connectivity index (χ0n) is 18.1. The zero-order chi connectivity index (χ0) is 21.8. The van der Waals surface area contributed by atoms with Crippen LogP contribution in [0.5, 0.6) is 0 Å². The minimum absolute atomic E-state index is 0.0105. The predicted octanol–water partition coefficient (Wildman–Crippen LogP) is 3.07. The van der Waals surface area contributed by atoms with Crippen LogP contribution in [-0.2, 0) is 11.3 Å². The van der Waals surface area contributed by atoms with Crippen LogP contribution in [0.4, 0.5) is 17.3 Å². The maximum Gasteiger partial charge on any atom is 0.353 e. The fraction of sp³-hybridized carbons (Fsp3) is 0.545. The summed E-state index contributed by atoms with van der Waals surface area (Å²) in [5, 5.41) is 15.3. The van der Waals surface area contributed by atoms with Crippen LogP contribution in [-0.4, -0.2) is 64.2 Å². The Morgan fingerprint density at radius 3 is 2.45 bits per heavy atom. The smallest absolute Gasteiger partial charge is 0.353 e. The number of hydrogen-bond donors (Lipinski definition) is 1. The first-order valence-electron chi connectivity index (χ1n) is 10.9. The van der Waals surface area contributed by atoms with Gasteiger partial charge in [-0.05, 0) is 32.3 Å². The van der Waals surface area contributed by atoms with E-state index in [0.717, 1.165) is 32.5 Å². The van der Waals surface area contributed by atoms with Gasteiger partial charge >= 0.3 is 5.69 Å². The molecule has 0 aliphatic carbocycles. The Bertz CT molecular complexity index is 878. The van der Waals surface area contributed by atoms with Gasteiger partial charge in [0.2, 0.25) is 11.6 Å². The molecule has 2 fully saturated rings. The average Bonchev–Trinajstić information content (AvgIpc) is 2.75. The second kappa shape index (κ2) is 9.57. The van der Waals surface area contributed by atoms with Crippen LogP contribution in [0.15, 0.2) is 36.7 Å². The van der Waals surface area contributed by atoms with Crippen LogP contribution in [0.25, 0.3) is 0 Å². The number of ether oxygens (including phenoxy) is 1. The molecule has 9 heteroatoms. The van der Waals surface area contributed by atoms with Crippen molar-refractivity contribution in [3.8, 4) is 0 Å². The third-order valence-electron chi connectivity index (χ3n) is 5.88. The normalized spacial score (nSPS) is 23.0. The maximum absolute atomic E-state index is 12.0. The predicted molar refractivity (Wildman–Crippen MR) is 119 cm³/mol. The van der Waals surface area contributed by atoms with E-state index in [2.05, 4.69) is 44.5 Å². The van der Waals surface area contributed by atoms with Crippen molar-refractivity contribution in [1.29, 1.82) is 0 Å². The first kappa shape index (κ1) is 21.5. The summed E-state index contributed by atoms with van der Waals surface area (Å²) in [5.41, 5.74) is 1.26. The summed E-state index contributed by atoms with van der Waals surface area (Å²) in [4.78, 5) is 24.5. The molecule has 0 saturated carbocycles. The molecule has 1 N–H and O–H groups in total. The zero-order valence-corrected chi connectivity index (χ0v) is 18.1. The average molecular weight is 427 g/mol. The van der Waals surface area contributed by atoms with Crippen molar-refractivity contribution < 1.29 is 9.66 Å². The molecule has 2 saturated heterocycles. The molecule has 9 nitrogen and oxygen atoms in total. The van der Waals surface area contributed by atoms with E-state index in [1.807, 2.05) is 24.8 Å². The monoisotopic (exact) mass is 426 g/mol. The van der Waals surface area contributed by atoms with Gasteiger partial charge in [0.1, 0.15) is 6.33 Å². The summed E-state index contributed by atoms with van der Waals surface area (Å²) in [7, 11) is 0. The lowest BCUT2D eigenvalue weighted by Crippen LogP contribution is -2.46. The van der Waals surface area contributed by atoms with Crippen LogP contribution < -0.4 is 10.2 Å². The van der Waals surface area contributed by atoms with Crippen molar-refractivity contribution in [3.05, 3.63) is 52.3 Å². The van der Waals surface area contributed by atoms with E-state index in [1.165, 1.54) is 11.9 Å². The van der Waals surface area contributed by atoms with E-state index in [-0.39, 0.29) is 28.9 Å². The molecule has 1 aromatic carbocycles. The molecule has 0 bridgehead atoms. The second-order valence-electron chi connectivity index (χ2n) is 8.49. The number of nitro groups is 1. The van der Waals surface area contributed by atoms with Gasteiger partial charge in [-0.2, -0.15) is 0 Å². The first-order valence-corrected chi connectivity index (χ1v) is 10.9. The molecule has 1 aromatic heterocycles. The van der Waals surface area contributed by atoms with Gasteiger partial charge in [-0.1, -0.05) is 30.3 Å². The number of likely N-dealkylation sites (tertiary alicyclic amines) is 1. The van der Waals surface area contributed by atoms with E-state index in [0.29, 0.717) is 24.7 Å². The van der Waals surface area contributed by atoms with Gasteiger partial charge in [-0.15, -0.1) is 0 Å². The fourth-order valence-electron chi connectivity index (χ4n) is 4.50. The molecule has 2 atom stereocenters. The summed E-state index contributed by atoms with van der Waals surface area (Å²) in [6.45, 7) is 7.89. The highest BCUT2D eigenvalue weighted by molar-refractivity contribution is 5.70. The first-order chi connectivity index (χ1) is 15.0. The minimum Gasteiger partial charge on any atom is -0.372 e. The van der Waals surface area contributed by atoms with Crippen LogP contribution in [0.3, 0.4) is 0 Å². The summed E-state index contributed by atoms with van der Waals surface area (Å²) >= 11 is 0. The quantitative estimate of drug-likeness (QED) is 0.556. The van der Waals surface area contributed by atoms with Crippen molar-refractivity contribution in [2.75, 3.05) is 36.4 Å². The molecule has 2 aliphatic rings. The summed E-state index contributed by atoms with van der Waals surface area (Å²) in [6.07, 6.45) is 3.22. The van der Waals surface area contributed by atoms with Crippen molar-refractivity contribution in [3.63, 3.8) is 0 Å². The molecule has 166 valence electrons. The highest BCUT2D eigenvalue weighted by Gasteiger charge is 2.32. The van der Waals surface area contributed by atoms with E-state index >= 15 is 0 Å². The van der Waals surface area contributed by atoms with E-state index < -0.39 is 0 Å². The number of benzene rings is 1. The van der Waals surface area contributed by atoms with E-state index in [1.54, 1.807) is 0 Å². The number of rotatable bonds is 6. The highest BCUT2D eigenvalue weighted by Crippen LogP contribution is 2.34. The lowest BCUT2D eigenvalue weighted by atomic mass is 10.0. The van der Waals surface area contributed by atoms with Gasteiger partial charge in [0.05, 0.1) is 17.1 Å².